The lowest BCUT2D eigenvalue weighted by Crippen LogP contribution is -2.40. The van der Waals surface area contributed by atoms with Crippen molar-refractivity contribution in [2.45, 2.75) is 44.3 Å². The van der Waals surface area contributed by atoms with Crippen molar-refractivity contribution < 1.29 is 22.8 Å². The van der Waals surface area contributed by atoms with E-state index in [2.05, 4.69) is 15.4 Å². The van der Waals surface area contributed by atoms with Crippen molar-refractivity contribution in [3.63, 3.8) is 0 Å². The van der Waals surface area contributed by atoms with E-state index in [1.54, 1.807) is 12.3 Å². The minimum absolute atomic E-state index is 0.178. The van der Waals surface area contributed by atoms with Crippen LogP contribution in [0.3, 0.4) is 0 Å². The number of urea groups is 1. The van der Waals surface area contributed by atoms with Gasteiger partial charge in [-0.3, -0.25) is 0 Å². The maximum absolute atomic E-state index is 14.5. The van der Waals surface area contributed by atoms with Gasteiger partial charge in [0.2, 0.25) is 0 Å². The summed E-state index contributed by atoms with van der Waals surface area (Å²) in [5.74, 6) is -0.537. The molecule has 0 bridgehead atoms. The topological polar surface area (TPSA) is 86.0 Å². The SMILES string of the molecule is [2H]C1([2H])C[C@H](O)C([2H])(C)N1C(=O)Nc1cnn2ccc(N3CCC[C@@H]3c3cc(F)ccc3F)nc12. The van der Waals surface area contributed by atoms with Gasteiger partial charge in [0.25, 0.3) is 0 Å². The van der Waals surface area contributed by atoms with Crippen molar-refractivity contribution in [1.82, 2.24) is 19.5 Å². The number of aliphatic hydroxyl groups excluding tert-OH is 1. The van der Waals surface area contributed by atoms with Gasteiger partial charge in [-0.2, -0.15) is 5.10 Å². The normalized spacial score (nSPS) is 28.6. The van der Waals surface area contributed by atoms with Crippen LogP contribution in [0.15, 0.2) is 36.7 Å². The second kappa shape index (κ2) is 8.01. The van der Waals surface area contributed by atoms with Crippen molar-refractivity contribution >= 4 is 23.2 Å². The van der Waals surface area contributed by atoms with E-state index in [9.17, 15) is 18.7 Å². The van der Waals surface area contributed by atoms with Gasteiger partial charge in [0, 0.05) is 27.5 Å². The number of nitrogens with one attached hydrogen (secondary N) is 1. The summed E-state index contributed by atoms with van der Waals surface area (Å²) >= 11 is 0. The fraction of sp³-hybridized carbons (Fsp3) is 0.409. The Labute approximate surface area is 187 Å². The van der Waals surface area contributed by atoms with Gasteiger partial charge < -0.3 is 20.2 Å². The van der Waals surface area contributed by atoms with Crippen LogP contribution in [-0.4, -0.2) is 55.8 Å². The Morgan fingerprint density at radius 3 is 2.97 bits per heavy atom. The van der Waals surface area contributed by atoms with E-state index in [1.807, 2.05) is 4.90 Å². The number of carbonyl (C=O) groups is 1. The number of fused-ring (bicyclic) bond motifs is 1. The number of aromatic nitrogens is 3. The zero-order valence-electron chi connectivity index (χ0n) is 20.3. The van der Waals surface area contributed by atoms with E-state index in [0.717, 1.165) is 18.6 Å². The smallest absolute Gasteiger partial charge is 0.322 e. The van der Waals surface area contributed by atoms with Gasteiger partial charge in [-0.15, -0.1) is 0 Å². The first-order valence-corrected chi connectivity index (χ1v) is 10.3. The van der Waals surface area contributed by atoms with E-state index in [-0.39, 0.29) is 23.3 Å². The highest BCUT2D eigenvalue weighted by atomic mass is 19.1. The molecule has 10 heteroatoms. The molecule has 8 nitrogen and oxygen atoms in total. The molecule has 0 aliphatic carbocycles. The summed E-state index contributed by atoms with van der Waals surface area (Å²) in [6.45, 7) is -0.379. The lowest BCUT2D eigenvalue weighted by Gasteiger charge is -2.26. The second-order valence-corrected chi connectivity index (χ2v) is 7.91. The minimum atomic E-state index is -2.22. The molecule has 168 valence electrons. The summed E-state index contributed by atoms with van der Waals surface area (Å²) < 4.78 is 54.2. The van der Waals surface area contributed by atoms with Crippen molar-refractivity contribution in [2.24, 2.45) is 0 Å². The Kier molecular flexibility index (Phi) is 4.33. The number of rotatable bonds is 3. The summed E-state index contributed by atoms with van der Waals surface area (Å²) in [6, 6.07) is 1.88. The molecule has 2 amide bonds. The highest BCUT2D eigenvalue weighted by molar-refractivity contribution is 5.93. The molecule has 3 atom stereocenters. The maximum Gasteiger partial charge on any atom is 0.322 e. The predicted octanol–water partition coefficient (Wildman–Crippen LogP) is 3.34. The quantitative estimate of drug-likeness (QED) is 0.646. The van der Waals surface area contributed by atoms with Crippen LogP contribution < -0.4 is 10.2 Å². The van der Waals surface area contributed by atoms with E-state index >= 15 is 0 Å². The van der Waals surface area contributed by atoms with Gasteiger partial charge in [-0.1, -0.05) is 0 Å². The summed E-state index contributed by atoms with van der Waals surface area (Å²) in [5, 5.41) is 16.8. The van der Waals surface area contributed by atoms with Crippen molar-refractivity contribution in [1.29, 1.82) is 0 Å². The predicted molar refractivity (Wildman–Crippen MR) is 114 cm³/mol. The number of hydrogen-bond acceptors (Lipinski definition) is 5. The van der Waals surface area contributed by atoms with Gasteiger partial charge in [-0.25, -0.2) is 23.1 Å². The molecule has 0 spiro atoms. The van der Waals surface area contributed by atoms with Crippen LogP contribution in [0, 0.1) is 11.6 Å². The second-order valence-electron chi connectivity index (χ2n) is 7.91. The molecule has 4 heterocycles. The van der Waals surface area contributed by atoms with Crippen LogP contribution in [0.4, 0.5) is 25.1 Å². The average molecular weight is 445 g/mol. The zero-order valence-corrected chi connectivity index (χ0v) is 17.3. The molecular formula is C22H24F2N6O2. The van der Waals surface area contributed by atoms with E-state index in [0.29, 0.717) is 23.7 Å². The molecule has 32 heavy (non-hydrogen) atoms. The lowest BCUT2D eigenvalue weighted by atomic mass is 10.0. The van der Waals surface area contributed by atoms with Crippen LogP contribution in [0.1, 0.15) is 41.9 Å². The first-order valence-electron chi connectivity index (χ1n) is 11.8. The number of carbonyl (C=O) groups excluding carboxylic acids is 1. The van der Waals surface area contributed by atoms with Crippen molar-refractivity contribution in [3.05, 3.63) is 53.9 Å². The highest BCUT2D eigenvalue weighted by Crippen LogP contribution is 2.37. The third-order valence-electron chi connectivity index (χ3n) is 5.94. The minimum Gasteiger partial charge on any atom is -0.391 e. The number of anilines is 2. The molecule has 0 radical (unpaired) electrons. The zero-order chi connectivity index (χ0) is 25.1. The molecule has 2 aromatic heterocycles. The fourth-order valence-corrected chi connectivity index (χ4v) is 4.24. The standard InChI is InChI=1S/C22H24F2N6O2/c1-13-19(31)6-9-28(13)22(32)26-17-12-25-30-10-7-20(27-21(17)30)29-8-2-3-18(29)15-11-14(23)4-5-16(15)24/h4-5,7,10-13,18-19,31H,2-3,6,8-9H2,1H3,(H,26,32)/t13?,18-,19+/m1/s1/i9D2,13D. The molecule has 5 rings (SSSR count). The highest BCUT2D eigenvalue weighted by Gasteiger charge is 2.33. The van der Waals surface area contributed by atoms with Gasteiger partial charge >= 0.3 is 6.03 Å². The third kappa shape index (κ3) is 3.54. The van der Waals surface area contributed by atoms with Crippen LogP contribution in [0.25, 0.3) is 5.65 Å². The molecule has 3 aromatic rings. The van der Waals surface area contributed by atoms with Crippen molar-refractivity contribution in [3.8, 4) is 0 Å². The monoisotopic (exact) mass is 445 g/mol. The Morgan fingerprint density at radius 2 is 2.19 bits per heavy atom. The summed E-state index contributed by atoms with van der Waals surface area (Å²) in [5.41, 5.74) is 0.682. The molecule has 2 N–H and O–H groups in total. The molecule has 2 aliphatic heterocycles. The third-order valence-corrected chi connectivity index (χ3v) is 5.94. The lowest BCUT2D eigenvalue weighted by molar-refractivity contribution is 0.135. The van der Waals surface area contributed by atoms with Crippen molar-refractivity contribution in [2.75, 3.05) is 23.3 Å². The van der Waals surface area contributed by atoms with Gasteiger partial charge in [0.05, 0.1) is 25.7 Å². The average Bonchev–Trinajstić information content (AvgIpc) is 3.45. The molecular weight excluding hydrogens is 418 g/mol. The number of nitrogens with zero attached hydrogens (tertiary/aromatic N) is 5. The van der Waals surface area contributed by atoms with Crippen LogP contribution in [-0.2, 0) is 0 Å². The summed E-state index contributed by atoms with van der Waals surface area (Å²) in [4.78, 5) is 20.1. The van der Waals surface area contributed by atoms with Crippen LogP contribution in [0.5, 0.6) is 0 Å². The number of aliphatic hydroxyl groups is 1. The van der Waals surface area contributed by atoms with Gasteiger partial charge in [0.1, 0.15) is 23.1 Å². The number of likely N-dealkylation sites (tertiary alicyclic amines) is 1. The number of halogens is 2. The van der Waals surface area contributed by atoms with E-state index in [1.165, 1.54) is 23.7 Å². The Bertz CT molecular complexity index is 1300. The fourth-order valence-electron chi connectivity index (χ4n) is 4.24. The first kappa shape index (κ1) is 17.3. The molecule has 2 aliphatic rings. The van der Waals surface area contributed by atoms with Crippen LogP contribution in [0.2, 0.25) is 0 Å². The largest absolute Gasteiger partial charge is 0.391 e. The molecule has 1 aromatic carbocycles. The summed E-state index contributed by atoms with van der Waals surface area (Å²) in [6.07, 6.45) is 2.60. The Morgan fingerprint density at radius 1 is 1.34 bits per heavy atom. The molecule has 2 fully saturated rings. The van der Waals surface area contributed by atoms with Gasteiger partial charge in [0.15, 0.2) is 5.65 Å². The number of amides is 2. The first-order chi connectivity index (χ1) is 16.5. The Hall–Kier alpha value is -3.27. The number of benzene rings is 1. The molecule has 2 saturated heterocycles. The maximum atomic E-state index is 14.5. The van der Waals surface area contributed by atoms with E-state index < -0.39 is 42.3 Å². The molecule has 1 unspecified atom stereocenters. The summed E-state index contributed by atoms with van der Waals surface area (Å²) in [7, 11) is 0. The van der Waals surface area contributed by atoms with E-state index in [4.69, 9.17) is 4.11 Å². The van der Waals surface area contributed by atoms with Gasteiger partial charge in [-0.05, 0) is 50.5 Å². The number of hydrogen-bond donors (Lipinski definition) is 2. The van der Waals surface area contributed by atoms with Crippen LogP contribution >= 0.6 is 0 Å². The molecule has 0 saturated carbocycles. The Balaban J connectivity index is 1.46.